The van der Waals surface area contributed by atoms with Gasteiger partial charge in [0.2, 0.25) is 5.95 Å². The van der Waals surface area contributed by atoms with E-state index in [0.717, 1.165) is 11.3 Å². The van der Waals surface area contributed by atoms with E-state index in [-0.39, 0.29) is 11.5 Å². The zero-order valence-electron chi connectivity index (χ0n) is 11.6. The smallest absolute Gasteiger partial charge is 0.261 e. The number of nitrogens with zero attached hydrogens (tertiary/aromatic N) is 2. The van der Waals surface area contributed by atoms with Crippen molar-refractivity contribution < 1.29 is 0 Å². The second-order valence-corrected chi connectivity index (χ2v) is 4.89. The first-order valence-electron chi connectivity index (χ1n) is 6.57. The van der Waals surface area contributed by atoms with E-state index >= 15 is 0 Å². The molecule has 0 spiro atoms. The Hall–Kier alpha value is -2.89. The van der Waals surface area contributed by atoms with Crippen molar-refractivity contribution in [1.82, 2.24) is 15.0 Å². The molecule has 0 bridgehead atoms. The molecule has 0 aliphatic rings. The van der Waals surface area contributed by atoms with Crippen LogP contribution < -0.4 is 16.6 Å². The minimum atomic E-state index is -0.276. The summed E-state index contributed by atoms with van der Waals surface area (Å²) in [5.74, 6) is 0.0746. The number of aromatic amines is 1. The number of anilines is 2. The van der Waals surface area contributed by atoms with Crippen LogP contribution in [-0.4, -0.2) is 15.0 Å². The molecule has 3 aromatic rings. The Morgan fingerprint density at radius 2 is 2.05 bits per heavy atom. The predicted molar refractivity (Wildman–Crippen MR) is 83.1 cm³/mol. The summed E-state index contributed by atoms with van der Waals surface area (Å²) in [5.41, 5.74) is 8.70. The molecule has 2 aromatic heterocycles. The molecule has 0 fully saturated rings. The van der Waals surface area contributed by atoms with Crippen molar-refractivity contribution in [3.8, 4) is 0 Å². The van der Waals surface area contributed by atoms with E-state index < -0.39 is 0 Å². The first kappa shape index (κ1) is 13.1. The lowest BCUT2D eigenvalue weighted by atomic mass is 10.2. The summed E-state index contributed by atoms with van der Waals surface area (Å²) in [6.45, 7) is 2.62. The normalized spacial score (nSPS) is 10.7. The minimum Gasteiger partial charge on any atom is -0.381 e. The lowest BCUT2D eigenvalue weighted by Crippen LogP contribution is -2.12. The van der Waals surface area contributed by atoms with Gasteiger partial charge in [0.05, 0.1) is 5.39 Å². The Morgan fingerprint density at radius 1 is 1.29 bits per heavy atom. The maximum atomic E-state index is 11.8. The summed E-state index contributed by atoms with van der Waals surface area (Å²) in [4.78, 5) is 22.5. The van der Waals surface area contributed by atoms with Gasteiger partial charge in [-0.05, 0) is 30.7 Å². The number of nitrogens with one attached hydrogen (secondary N) is 2. The van der Waals surface area contributed by atoms with Crippen molar-refractivity contribution in [1.29, 1.82) is 0 Å². The number of hydrogen-bond donors (Lipinski definition) is 3. The summed E-state index contributed by atoms with van der Waals surface area (Å²) >= 11 is 0. The molecular formula is C15H15N5O. The van der Waals surface area contributed by atoms with Crippen molar-refractivity contribution in [2.45, 2.75) is 13.5 Å². The molecule has 3 rings (SSSR count). The number of aryl methyl sites for hydroxylation is 1. The van der Waals surface area contributed by atoms with Gasteiger partial charge in [-0.15, -0.1) is 0 Å². The molecule has 1 aromatic carbocycles. The number of fused-ring (bicyclic) bond motifs is 1. The number of H-pyrrole nitrogens is 1. The van der Waals surface area contributed by atoms with Crippen molar-refractivity contribution in [3.63, 3.8) is 0 Å². The Labute approximate surface area is 121 Å². The highest BCUT2D eigenvalue weighted by molar-refractivity contribution is 5.74. The van der Waals surface area contributed by atoms with Crippen LogP contribution in [-0.2, 0) is 6.54 Å². The van der Waals surface area contributed by atoms with Crippen LogP contribution in [0, 0.1) is 6.92 Å². The van der Waals surface area contributed by atoms with E-state index in [1.807, 2.05) is 31.2 Å². The van der Waals surface area contributed by atoms with Crippen LogP contribution in [0.4, 0.5) is 11.6 Å². The third kappa shape index (κ3) is 2.84. The van der Waals surface area contributed by atoms with Crippen molar-refractivity contribution in [2.24, 2.45) is 0 Å². The molecule has 0 aliphatic heterocycles. The SMILES string of the molecule is Cc1ccc(NCc2cnc3nc(N)[nH]c(=O)c3c2)cc1. The van der Waals surface area contributed by atoms with Crippen molar-refractivity contribution in [3.05, 3.63) is 58.0 Å². The fourth-order valence-corrected chi connectivity index (χ4v) is 2.05. The summed E-state index contributed by atoms with van der Waals surface area (Å²) in [6.07, 6.45) is 1.69. The molecule has 0 amide bonds. The van der Waals surface area contributed by atoms with Gasteiger partial charge in [-0.2, -0.15) is 4.98 Å². The zero-order valence-corrected chi connectivity index (χ0v) is 11.6. The first-order chi connectivity index (χ1) is 10.1. The van der Waals surface area contributed by atoms with Crippen LogP contribution >= 0.6 is 0 Å². The lowest BCUT2D eigenvalue weighted by Gasteiger charge is -2.07. The molecule has 4 N–H and O–H groups in total. The van der Waals surface area contributed by atoms with E-state index in [1.54, 1.807) is 12.3 Å². The largest absolute Gasteiger partial charge is 0.381 e. The molecule has 0 saturated carbocycles. The molecule has 106 valence electrons. The average molecular weight is 281 g/mol. The quantitative estimate of drug-likeness (QED) is 0.680. The van der Waals surface area contributed by atoms with Gasteiger partial charge in [0.15, 0.2) is 5.65 Å². The topological polar surface area (TPSA) is 96.7 Å². The molecule has 0 radical (unpaired) electrons. The second kappa shape index (κ2) is 5.24. The van der Waals surface area contributed by atoms with E-state index in [4.69, 9.17) is 5.73 Å². The van der Waals surface area contributed by atoms with E-state index in [1.165, 1.54) is 5.56 Å². The predicted octanol–water partition coefficient (Wildman–Crippen LogP) is 1.82. The second-order valence-electron chi connectivity index (χ2n) is 4.89. The van der Waals surface area contributed by atoms with Gasteiger partial charge >= 0.3 is 0 Å². The van der Waals surface area contributed by atoms with Gasteiger partial charge in [0.25, 0.3) is 5.56 Å². The van der Waals surface area contributed by atoms with Crippen LogP contribution in [0.25, 0.3) is 11.0 Å². The number of nitrogens with two attached hydrogens (primary N) is 1. The van der Waals surface area contributed by atoms with Gasteiger partial charge in [-0.25, -0.2) is 4.98 Å². The van der Waals surface area contributed by atoms with Crippen LogP contribution in [0.5, 0.6) is 0 Å². The minimum absolute atomic E-state index is 0.0746. The average Bonchev–Trinajstić information content (AvgIpc) is 2.47. The highest BCUT2D eigenvalue weighted by atomic mass is 16.1. The van der Waals surface area contributed by atoms with Crippen LogP contribution in [0.15, 0.2) is 41.3 Å². The highest BCUT2D eigenvalue weighted by Gasteiger charge is 2.04. The van der Waals surface area contributed by atoms with Gasteiger partial charge < -0.3 is 11.1 Å². The van der Waals surface area contributed by atoms with Crippen LogP contribution in [0.3, 0.4) is 0 Å². The maximum absolute atomic E-state index is 11.8. The van der Waals surface area contributed by atoms with Gasteiger partial charge in [0.1, 0.15) is 0 Å². The Balaban J connectivity index is 1.84. The Bertz CT molecular complexity index is 839. The molecule has 6 heteroatoms. The molecule has 21 heavy (non-hydrogen) atoms. The summed E-state index contributed by atoms with van der Waals surface area (Å²) in [7, 11) is 0. The molecule has 2 heterocycles. The Morgan fingerprint density at radius 3 is 2.81 bits per heavy atom. The van der Waals surface area contributed by atoms with Gasteiger partial charge in [0, 0.05) is 18.4 Å². The summed E-state index contributed by atoms with van der Waals surface area (Å²) in [6, 6.07) is 9.88. The summed E-state index contributed by atoms with van der Waals surface area (Å²) in [5, 5.41) is 3.72. The van der Waals surface area contributed by atoms with Gasteiger partial charge in [-0.3, -0.25) is 9.78 Å². The molecule has 0 unspecified atom stereocenters. The molecule has 6 nitrogen and oxygen atoms in total. The maximum Gasteiger partial charge on any atom is 0.261 e. The number of aromatic nitrogens is 3. The number of hydrogen-bond acceptors (Lipinski definition) is 5. The highest BCUT2D eigenvalue weighted by Crippen LogP contribution is 2.12. The fraction of sp³-hybridized carbons (Fsp3) is 0.133. The standard InChI is InChI=1S/C15H15N5O/c1-9-2-4-11(5-3-9)17-7-10-6-12-13(18-8-10)19-15(16)20-14(12)21/h2-6,8,17H,7H2,1H3,(H3,16,18,19,20,21). The zero-order chi connectivity index (χ0) is 14.8. The molecule has 0 aliphatic carbocycles. The van der Waals surface area contributed by atoms with Crippen LogP contribution in [0.1, 0.15) is 11.1 Å². The number of rotatable bonds is 3. The first-order valence-corrected chi connectivity index (χ1v) is 6.57. The molecule has 0 saturated heterocycles. The number of nitrogen functional groups attached to an aromatic ring is 1. The van der Waals surface area contributed by atoms with E-state index in [2.05, 4.69) is 20.3 Å². The van der Waals surface area contributed by atoms with Crippen molar-refractivity contribution in [2.75, 3.05) is 11.1 Å². The lowest BCUT2D eigenvalue weighted by molar-refractivity contribution is 1.10. The summed E-state index contributed by atoms with van der Waals surface area (Å²) < 4.78 is 0. The van der Waals surface area contributed by atoms with Gasteiger partial charge in [-0.1, -0.05) is 17.7 Å². The Kier molecular flexibility index (Phi) is 3.27. The monoisotopic (exact) mass is 281 g/mol. The fourth-order valence-electron chi connectivity index (χ4n) is 2.05. The molecule has 0 atom stereocenters. The third-order valence-electron chi connectivity index (χ3n) is 3.18. The molecular weight excluding hydrogens is 266 g/mol. The van der Waals surface area contributed by atoms with E-state index in [0.29, 0.717) is 17.6 Å². The van der Waals surface area contributed by atoms with Crippen LogP contribution in [0.2, 0.25) is 0 Å². The number of pyridine rings is 1. The van der Waals surface area contributed by atoms with Crippen molar-refractivity contribution >= 4 is 22.7 Å². The van der Waals surface area contributed by atoms with E-state index in [9.17, 15) is 4.79 Å². The third-order valence-corrected chi connectivity index (χ3v) is 3.18. The number of benzene rings is 1.